The fraction of sp³-hybridized carbons (Fsp3) is 0.304. The molecule has 164 valence electrons. The van der Waals surface area contributed by atoms with Gasteiger partial charge in [-0.1, -0.05) is 46.3 Å². The Hall–Kier alpha value is -2.19. The van der Waals surface area contributed by atoms with E-state index in [1.807, 2.05) is 60.8 Å². The maximum Gasteiger partial charge on any atom is 0.255 e. The van der Waals surface area contributed by atoms with Gasteiger partial charge in [0, 0.05) is 35.9 Å². The Morgan fingerprint density at radius 1 is 1.06 bits per heavy atom. The second-order valence-corrected chi connectivity index (χ2v) is 8.16. The van der Waals surface area contributed by atoms with Gasteiger partial charge in [0.25, 0.3) is 5.91 Å². The van der Waals surface area contributed by atoms with Crippen LogP contribution in [0.2, 0.25) is 0 Å². The minimum absolute atomic E-state index is 0. The lowest BCUT2D eigenvalue weighted by molar-refractivity contribution is 0.0374. The minimum atomic E-state index is -0.0999. The maximum atomic E-state index is 13.0. The Morgan fingerprint density at radius 2 is 1.77 bits per heavy atom. The minimum Gasteiger partial charge on any atom is -0.379 e. The summed E-state index contributed by atoms with van der Waals surface area (Å²) in [4.78, 5) is 15.4. The number of carbonyl (C=O) groups excluding carboxylic acids is 1. The molecule has 3 aromatic rings. The highest BCUT2D eigenvalue weighted by atomic mass is 79.9. The number of carbonyl (C=O) groups is 1. The van der Waals surface area contributed by atoms with E-state index >= 15 is 0 Å². The molecular weight excluding hydrogens is 480 g/mol. The Morgan fingerprint density at radius 3 is 2.48 bits per heavy atom. The van der Waals surface area contributed by atoms with Crippen LogP contribution in [0.25, 0.3) is 16.9 Å². The quantitative estimate of drug-likeness (QED) is 0.490. The van der Waals surface area contributed by atoms with E-state index in [4.69, 9.17) is 9.84 Å². The predicted molar refractivity (Wildman–Crippen MR) is 128 cm³/mol. The lowest BCUT2D eigenvalue weighted by Gasteiger charge is -2.26. The van der Waals surface area contributed by atoms with Crippen molar-refractivity contribution in [1.82, 2.24) is 20.0 Å². The summed E-state index contributed by atoms with van der Waals surface area (Å²) in [5, 5.41) is 7.79. The number of rotatable bonds is 7. The lowest BCUT2D eigenvalue weighted by atomic mass is 10.1. The molecule has 8 heteroatoms. The molecule has 0 bridgehead atoms. The summed E-state index contributed by atoms with van der Waals surface area (Å²) >= 11 is 3.47. The van der Waals surface area contributed by atoms with Crippen LogP contribution in [0, 0.1) is 0 Å². The molecule has 1 saturated heterocycles. The van der Waals surface area contributed by atoms with Crippen molar-refractivity contribution in [3.05, 3.63) is 70.8 Å². The van der Waals surface area contributed by atoms with Gasteiger partial charge < -0.3 is 10.1 Å². The smallest absolute Gasteiger partial charge is 0.255 e. The van der Waals surface area contributed by atoms with Crippen molar-refractivity contribution in [2.45, 2.75) is 6.42 Å². The number of halogens is 2. The van der Waals surface area contributed by atoms with Crippen molar-refractivity contribution in [2.24, 2.45) is 0 Å². The number of amides is 1. The van der Waals surface area contributed by atoms with Crippen molar-refractivity contribution in [3.8, 4) is 16.9 Å². The Balaban J connectivity index is 0.00000272. The summed E-state index contributed by atoms with van der Waals surface area (Å²) < 4.78 is 8.13. The largest absolute Gasteiger partial charge is 0.379 e. The third kappa shape index (κ3) is 6.17. The molecule has 1 aromatic heterocycles. The Labute approximate surface area is 197 Å². The average molecular weight is 506 g/mol. The van der Waals surface area contributed by atoms with Gasteiger partial charge in [-0.25, -0.2) is 4.68 Å². The summed E-state index contributed by atoms with van der Waals surface area (Å²) in [5.41, 5.74) is 3.08. The van der Waals surface area contributed by atoms with Gasteiger partial charge in [-0.2, -0.15) is 5.10 Å². The molecule has 0 aliphatic carbocycles. The second kappa shape index (κ2) is 11.4. The van der Waals surface area contributed by atoms with E-state index in [0.717, 1.165) is 55.0 Å². The monoisotopic (exact) mass is 504 g/mol. The summed E-state index contributed by atoms with van der Waals surface area (Å²) in [6.45, 7) is 5.11. The fourth-order valence-corrected chi connectivity index (χ4v) is 3.76. The number of morpholine rings is 1. The number of hydrogen-bond donors (Lipinski definition) is 1. The summed E-state index contributed by atoms with van der Waals surface area (Å²) in [6, 6.07) is 17.7. The maximum absolute atomic E-state index is 13.0. The standard InChI is InChI=1S/C23H25BrN4O2.ClH/c24-19-9-7-18(8-10-19)22-21(17-28(26-22)20-5-2-1-3-6-20)23(29)25-11-4-12-27-13-15-30-16-14-27;/h1-3,5-10,17H,4,11-16H2,(H,25,29);1H. The molecule has 2 aromatic carbocycles. The number of hydrogen-bond acceptors (Lipinski definition) is 4. The molecule has 0 unspecified atom stereocenters. The van der Waals surface area contributed by atoms with Crippen LogP contribution in [0.5, 0.6) is 0 Å². The zero-order chi connectivity index (χ0) is 20.8. The van der Waals surface area contributed by atoms with Gasteiger partial charge in [-0.3, -0.25) is 9.69 Å². The number of nitrogens with one attached hydrogen (secondary N) is 1. The highest BCUT2D eigenvalue weighted by Gasteiger charge is 2.19. The molecule has 0 spiro atoms. The van der Waals surface area contributed by atoms with Gasteiger partial charge in [-0.05, 0) is 37.2 Å². The normalized spacial score (nSPS) is 14.1. The molecule has 31 heavy (non-hydrogen) atoms. The van der Waals surface area contributed by atoms with Crippen molar-refractivity contribution in [2.75, 3.05) is 39.4 Å². The molecule has 6 nitrogen and oxygen atoms in total. The molecule has 2 heterocycles. The zero-order valence-electron chi connectivity index (χ0n) is 17.2. The summed E-state index contributed by atoms with van der Waals surface area (Å²) in [5.74, 6) is -0.0999. The first-order valence-electron chi connectivity index (χ1n) is 10.2. The highest BCUT2D eigenvalue weighted by Crippen LogP contribution is 2.25. The summed E-state index contributed by atoms with van der Waals surface area (Å²) in [6.07, 6.45) is 2.72. The van der Waals surface area contributed by atoms with Crippen LogP contribution in [-0.2, 0) is 4.74 Å². The van der Waals surface area contributed by atoms with E-state index in [2.05, 4.69) is 26.1 Å². The van der Waals surface area contributed by atoms with E-state index < -0.39 is 0 Å². The SMILES string of the molecule is Cl.O=C(NCCCN1CCOCC1)c1cn(-c2ccccc2)nc1-c1ccc(Br)cc1. The number of para-hydroxylation sites is 1. The van der Waals surface area contributed by atoms with E-state index in [-0.39, 0.29) is 18.3 Å². The number of nitrogens with zero attached hydrogens (tertiary/aromatic N) is 3. The van der Waals surface area contributed by atoms with E-state index in [1.54, 1.807) is 4.68 Å². The van der Waals surface area contributed by atoms with Crippen LogP contribution in [-0.4, -0.2) is 60.0 Å². The van der Waals surface area contributed by atoms with E-state index in [1.165, 1.54) is 0 Å². The number of benzene rings is 2. The number of ether oxygens (including phenoxy) is 1. The van der Waals surface area contributed by atoms with E-state index in [0.29, 0.717) is 17.8 Å². The third-order valence-corrected chi connectivity index (χ3v) is 5.67. The molecule has 1 aliphatic heterocycles. The molecule has 0 radical (unpaired) electrons. The fourth-order valence-electron chi connectivity index (χ4n) is 3.50. The average Bonchev–Trinajstić information content (AvgIpc) is 3.24. The first-order valence-corrected chi connectivity index (χ1v) is 11.0. The molecule has 4 rings (SSSR count). The van der Waals surface area contributed by atoms with Crippen LogP contribution in [0.3, 0.4) is 0 Å². The highest BCUT2D eigenvalue weighted by molar-refractivity contribution is 9.10. The van der Waals surface area contributed by atoms with Gasteiger partial charge in [0.15, 0.2) is 0 Å². The topological polar surface area (TPSA) is 59.4 Å². The molecule has 0 atom stereocenters. The first kappa shape index (κ1) is 23.5. The van der Waals surface area contributed by atoms with E-state index in [9.17, 15) is 4.79 Å². The Bertz CT molecular complexity index is 973. The third-order valence-electron chi connectivity index (χ3n) is 5.14. The van der Waals surface area contributed by atoms with Crippen LogP contribution in [0.15, 0.2) is 65.3 Å². The molecule has 1 N–H and O–H groups in total. The molecule has 1 aliphatic rings. The first-order chi connectivity index (χ1) is 14.7. The van der Waals surface area contributed by atoms with Gasteiger partial charge in [0.2, 0.25) is 0 Å². The Kier molecular flexibility index (Phi) is 8.66. The number of aromatic nitrogens is 2. The molecular formula is C23H26BrClN4O2. The van der Waals surface area contributed by atoms with Crippen molar-refractivity contribution < 1.29 is 9.53 Å². The van der Waals surface area contributed by atoms with Crippen molar-refractivity contribution >= 4 is 34.2 Å². The van der Waals surface area contributed by atoms with Gasteiger partial charge in [0.1, 0.15) is 5.69 Å². The molecule has 0 saturated carbocycles. The van der Waals surface area contributed by atoms with Crippen molar-refractivity contribution in [3.63, 3.8) is 0 Å². The lowest BCUT2D eigenvalue weighted by Crippen LogP contribution is -2.38. The van der Waals surface area contributed by atoms with Crippen LogP contribution >= 0.6 is 28.3 Å². The van der Waals surface area contributed by atoms with Crippen LogP contribution in [0.4, 0.5) is 0 Å². The van der Waals surface area contributed by atoms with Crippen LogP contribution in [0.1, 0.15) is 16.8 Å². The van der Waals surface area contributed by atoms with Crippen molar-refractivity contribution in [1.29, 1.82) is 0 Å². The molecule has 1 amide bonds. The van der Waals surface area contributed by atoms with Crippen LogP contribution < -0.4 is 5.32 Å². The molecule has 1 fully saturated rings. The van der Waals surface area contributed by atoms with Gasteiger partial charge in [-0.15, -0.1) is 12.4 Å². The summed E-state index contributed by atoms with van der Waals surface area (Å²) in [7, 11) is 0. The predicted octanol–water partition coefficient (Wildman–Crippen LogP) is 4.18. The van der Waals surface area contributed by atoms with Gasteiger partial charge in [0.05, 0.1) is 24.5 Å². The van der Waals surface area contributed by atoms with Gasteiger partial charge >= 0.3 is 0 Å². The zero-order valence-corrected chi connectivity index (χ0v) is 19.6. The second-order valence-electron chi connectivity index (χ2n) is 7.24.